The molecule has 10 heteroatoms. The van der Waals surface area contributed by atoms with Gasteiger partial charge in [0.2, 0.25) is 0 Å². The van der Waals surface area contributed by atoms with Crippen LogP contribution in [0, 0.1) is 13.8 Å². The van der Waals surface area contributed by atoms with Crippen LogP contribution in [0.4, 0.5) is 0 Å². The second-order valence-corrected chi connectivity index (χ2v) is 10.3. The number of rotatable bonds is 11. The number of pyridine rings is 1. The number of tetrazole rings is 1. The fourth-order valence-corrected chi connectivity index (χ4v) is 5.21. The van der Waals surface area contributed by atoms with Crippen LogP contribution in [0.3, 0.4) is 0 Å². The molecule has 0 unspecified atom stereocenters. The number of ether oxygens (including phenoxy) is 2. The maximum absolute atomic E-state index is 13.1. The normalized spacial score (nSPS) is 14.4. The molecule has 206 valence electrons. The molecule has 0 atom stereocenters. The van der Waals surface area contributed by atoms with Gasteiger partial charge in [0.15, 0.2) is 5.82 Å². The summed E-state index contributed by atoms with van der Waals surface area (Å²) in [7, 11) is 1.66. The number of aromatic nitrogens is 5. The maximum atomic E-state index is 13.1. The predicted octanol–water partition coefficient (Wildman–Crippen LogP) is 2.91. The van der Waals surface area contributed by atoms with Crippen molar-refractivity contribution in [3.05, 3.63) is 80.9 Å². The standard InChI is InChI=1S/C29H37N7O3/c1-21-15-22(2)28-24(16-21)17-25(29(37)30-28)19-35(10-4-9-34-11-13-39-14-12-34)20-27-31-32-33-36(27)18-23-5-7-26(38-3)8-6-23/h5-8,15-17H,4,9-14,18-20H2,1-3H3,(H,30,37). The van der Waals surface area contributed by atoms with E-state index >= 15 is 0 Å². The van der Waals surface area contributed by atoms with E-state index in [1.165, 1.54) is 5.56 Å². The molecule has 0 radical (unpaired) electrons. The fraction of sp³-hybridized carbons (Fsp3) is 0.448. The Labute approximate surface area is 228 Å². The van der Waals surface area contributed by atoms with Crippen LogP contribution in [0.15, 0.2) is 47.3 Å². The van der Waals surface area contributed by atoms with Crippen molar-refractivity contribution < 1.29 is 9.47 Å². The molecule has 0 saturated carbocycles. The molecular formula is C29H37N7O3. The Morgan fingerprint density at radius 1 is 1.08 bits per heavy atom. The Bertz CT molecular complexity index is 1440. The van der Waals surface area contributed by atoms with Crippen LogP contribution < -0.4 is 10.3 Å². The van der Waals surface area contributed by atoms with Gasteiger partial charge in [0.05, 0.1) is 38.9 Å². The first-order chi connectivity index (χ1) is 19.0. The first-order valence-electron chi connectivity index (χ1n) is 13.5. The monoisotopic (exact) mass is 531 g/mol. The van der Waals surface area contributed by atoms with Gasteiger partial charge in [-0.1, -0.05) is 23.8 Å². The molecule has 2 aromatic heterocycles. The van der Waals surface area contributed by atoms with Crippen molar-refractivity contribution in [1.29, 1.82) is 0 Å². The summed E-state index contributed by atoms with van der Waals surface area (Å²) in [5.74, 6) is 1.58. The molecule has 3 heterocycles. The summed E-state index contributed by atoms with van der Waals surface area (Å²) < 4.78 is 12.6. The van der Waals surface area contributed by atoms with Crippen LogP contribution >= 0.6 is 0 Å². The lowest BCUT2D eigenvalue weighted by Gasteiger charge is -2.28. The van der Waals surface area contributed by atoms with Crippen LogP contribution in [0.2, 0.25) is 0 Å². The molecule has 1 aliphatic rings. The predicted molar refractivity (Wildman–Crippen MR) is 150 cm³/mol. The molecule has 0 spiro atoms. The van der Waals surface area contributed by atoms with E-state index in [2.05, 4.69) is 49.4 Å². The number of nitrogens with zero attached hydrogens (tertiary/aromatic N) is 6. The highest BCUT2D eigenvalue weighted by Gasteiger charge is 2.17. The summed E-state index contributed by atoms with van der Waals surface area (Å²) in [6.07, 6.45) is 0.976. The summed E-state index contributed by atoms with van der Waals surface area (Å²) in [6, 6.07) is 14.2. The third-order valence-corrected chi connectivity index (χ3v) is 7.28. The summed E-state index contributed by atoms with van der Waals surface area (Å²) in [5, 5.41) is 13.6. The highest BCUT2D eigenvalue weighted by Crippen LogP contribution is 2.19. The van der Waals surface area contributed by atoms with Gasteiger partial charge in [-0.15, -0.1) is 5.10 Å². The van der Waals surface area contributed by atoms with E-state index in [-0.39, 0.29) is 5.56 Å². The molecule has 1 N–H and O–H groups in total. The zero-order chi connectivity index (χ0) is 27.2. The van der Waals surface area contributed by atoms with Gasteiger partial charge in [-0.2, -0.15) is 0 Å². The number of aryl methyl sites for hydroxylation is 2. The zero-order valence-corrected chi connectivity index (χ0v) is 23.0. The molecule has 0 aliphatic carbocycles. The summed E-state index contributed by atoms with van der Waals surface area (Å²) in [5.41, 5.74) is 4.93. The average molecular weight is 532 g/mol. The van der Waals surface area contributed by atoms with Gasteiger partial charge in [-0.25, -0.2) is 4.68 Å². The van der Waals surface area contributed by atoms with Crippen molar-refractivity contribution in [3.8, 4) is 5.75 Å². The maximum Gasteiger partial charge on any atom is 0.252 e. The molecule has 1 fully saturated rings. The smallest absolute Gasteiger partial charge is 0.252 e. The second-order valence-electron chi connectivity index (χ2n) is 10.3. The van der Waals surface area contributed by atoms with Gasteiger partial charge in [0.25, 0.3) is 5.56 Å². The van der Waals surface area contributed by atoms with Crippen molar-refractivity contribution in [1.82, 2.24) is 35.0 Å². The molecule has 0 bridgehead atoms. The molecule has 2 aromatic carbocycles. The number of nitrogens with one attached hydrogen (secondary N) is 1. The van der Waals surface area contributed by atoms with Crippen LogP contribution in [0.5, 0.6) is 5.75 Å². The van der Waals surface area contributed by atoms with Crippen LogP contribution in [0.1, 0.15) is 34.5 Å². The zero-order valence-electron chi connectivity index (χ0n) is 23.0. The summed E-state index contributed by atoms with van der Waals surface area (Å²) >= 11 is 0. The molecule has 0 amide bonds. The van der Waals surface area contributed by atoms with Crippen molar-refractivity contribution in [3.63, 3.8) is 0 Å². The quantitative estimate of drug-likeness (QED) is 0.315. The Balaban J connectivity index is 1.35. The lowest BCUT2D eigenvalue weighted by molar-refractivity contribution is 0.0358. The number of benzene rings is 2. The fourth-order valence-electron chi connectivity index (χ4n) is 5.21. The average Bonchev–Trinajstić information content (AvgIpc) is 3.36. The lowest BCUT2D eigenvalue weighted by Crippen LogP contribution is -2.38. The highest BCUT2D eigenvalue weighted by atomic mass is 16.5. The van der Waals surface area contributed by atoms with Crippen molar-refractivity contribution >= 4 is 10.9 Å². The minimum absolute atomic E-state index is 0.0505. The van der Waals surface area contributed by atoms with Gasteiger partial charge >= 0.3 is 0 Å². The van der Waals surface area contributed by atoms with Gasteiger partial charge < -0.3 is 14.5 Å². The largest absolute Gasteiger partial charge is 0.497 e. The molecule has 1 aliphatic heterocycles. The third-order valence-electron chi connectivity index (χ3n) is 7.28. The Morgan fingerprint density at radius 2 is 1.87 bits per heavy atom. The number of H-pyrrole nitrogens is 1. The first-order valence-corrected chi connectivity index (χ1v) is 13.5. The minimum atomic E-state index is -0.0505. The molecule has 1 saturated heterocycles. The Kier molecular flexibility index (Phi) is 8.65. The van der Waals surface area contributed by atoms with E-state index in [0.717, 1.165) is 85.0 Å². The van der Waals surface area contributed by atoms with E-state index in [1.807, 2.05) is 41.9 Å². The summed E-state index contributed by atoms with van der Waals surface area (Å²) in [6.45, 7) is 11.0. The molecule has 39 heavy (non-hydrogen) atoms. The van der Waals surface area contributed by atoms with E-state index in [1.54, 1.807) is 7.11 Å². The molecule has 4 aromatic rings. The number of fused-ring (bicyclic) bond motifs is 1. The number of methoxy groups -OCH3 is 1. The topological polar surface area (TPSA) is 101 Å². The number of morpholine rings is 1. The van der Waals surface area contributed by atoms with E-state index in [9.17, 15) is 4.79 Å². The third kappa shape index (κ3) is 6.89. The SMILES string of the molecule is COc1ccc(Cn2nnnc2CN(CCCN2CCOCC2)Cc2cc3cc(C)cc(C)c3[nH]c2=O)cc1. The summed E-state index contributed by atoms with van der Waals surface area (Å²) in [4.78, 5) is 21.0. The highest BCUT2D eigenvalue weighted by molar-refractivity contribution is 5.82. The van der Waals surface area contributed by atoms with Gasteiger partial charge in [0, 0.05) is 31.7 Å². The first kappa shape index (κ1) is 27.0. The van der Waals surface area contributed by atoms with Crippen molar-refractivity contribution in [2.45, 2.75) is 39.9 Å². The van der Waals surface area contributed by atoms with E-state index < -0.39 is 0 Å². The Morgan fingerprint density at radius 3 is 2.64 bits per heavy atom. The van der Waals surface area contributed by atoms with Crippen molar-refractivity contribution in [2.24, 2.45) is 0 Å². The minimum Gasteiger partial charge on any atom is -0.497 e. The van der Waals surface area contributed by atoms with E-state index in [0.29, 0.717) is 19.6 Å². The van der Waals surface area contributed by atoms with Crippen LogP contribution in [-0.2, 0) is 24.4 Å². The van der Waals surface area contributed by atoms with Gasteiger partial charge in [-0.3, -0.25) is 14.6 Å². The molecule has 5 rings (SSSR count). The van der Waals surface area contributed by atoms with E-state index in [4.69, 9.17) is 9.47 Å². The van der Waals surface area contributed by atoms with Crippen molar-refractivity contribution in [2.75, 3.05) is 46.5 Å². The Hall–Kier alpha value is -3.60. The number of aromatic amines is 1. The molecular weight excluding hydrogens is 494 g/mol. The number of hydrogen-bond acceptors (Lipinski definition) is 8. The van der Waals surface area contributed by atoms with Gasteiger partial charge in [-0.05, 0) is 78.0 Å². The second kappa shape index (κ2) is 12.5. The van der Waals surface area contributed by atoms with Crippen LogP contribution in [0.25, 0.3) is 10.9 Å². The van der Waals surface area contributed by atoms with Crippen LogP contribution in [-0.4, -0.2) is 81.5 Å². The lowest BCUT2D eigenvalue weighted by atomic mass is 10.1. The van der Waals surface area contributed by atoms with Gasteiger partial charge in [0.1, 0.15) is 5.75 Å². The number of hydrogen-bond donors (Lipinski definition) is 1. The molecule has 10 nitrogen and oxygen atoms in total.